The van der Waals surface area contributed by atoms with Crippen LogP contribution in [0.1, 0.15) is 37.7 Å². The number of aryl methyl sites for hydroxylation is 1. The number of aromatic nitrogens is 2. The van der Waals surface area contributed by atoms with Crippen LogP contribution in [0.3, 0.4) is 0 Å². The normalized spacial score (nSPS) is 11.2. The molecule has 33 heavy (non-hydrogen) atoms. The molecule has 0 atom stereocenters. The van der Waals surface area contributed by atoms with Crippen molar-refractivity contribution in [1.29, 1.82) is 0 Å². The first kappa shape index (κ1) is 22.2. The van der Waals surface area contributed by atoms with Gasteiger partial charge in [0, 0.05) is 22.6 Å². The zero-order valence-corrected chi connectivity index (χ0v) is 19.4. The fraction of sp³-hybridized carbons (Fsp3) is 0.167. The van der Waals surface area contributed by atoms with Gasteiger partial charge in [0.1, 0.15) is 0 Å². The largest absolute Gasteiger partial charge is 0.465 e. The number of carbonyl (C=O) groups excluding carboxylic acids is 2. The highest BCUT2D eigenvalue weighted by Crippen LogP contribution is 2.26. The van der Waals surface area contributed by atoms with Gasteiger partial charge in [0.05, 0.1) is 41.8 Å². The third kappa shape index (κ3) is 4.49. The van der Waals surface area contributed by atoms with Crippen molar-refractivity contribution >= 4 is 44.8 Å². The fourth-order valence-electron chi connectivity index (χ4n) is 3.60. The summed E-state index contributed by atoms with van der Waals surface area (Å²) in [5, 5.41) is 5.05. The highest BCUT2D eigenvalue weighted by molar-refractivity contribution is 7.22. The SMILES string of the molecule is COC(=O)c1cc(C(=O)OC)cc(-n2c(C)cc(C=NNc3nc4ccccc4s3)c2C)c1. The van der Waals surface area contributed by atoms with Crippen molar-refractivity contribution < 1.29 is 19.1 Å². The van der Waals surface area contributed by atoms with Gasteiger partial charge in [-0.3, -0.25) is 5.43 Å². The van der Waals surface area contributed by atoms with E-state index in [1.54, 1.807) is 18.3 Å². The highest BCUT2D eigenvalue weighted by Gasteiger charge is 2.17. The second-order valence-corrected chi connectivity index (χ2v) is 8.30. The zero-order valence-electron chi connectivity index (χ0n) is 18.6. The topological polar surface area (TPSA) is 94.8 Å². The van der Waals surface area contributed by atoms with E-state index in [2.05, 4.69) is 15.5 Å². The van der Waals surface area contributed by atoms with Crippen LogP contribution in [0, 0.1) is 13.8 Å². The fourth-order valence-corrected chi connectivity index (χ4v) is 4.42. The zero-order chi connectivity index (χ0) is 23.5. The van der Waals surface area contributed by atoms with Crippen LogP contribution in [0.5, 0.6) is 0 Å². The lowest BCUT2D eigenvalue weighted by Gasteiger charge is -2.13. The first-order chi connectivity index (χ1) is 15.9. The van der Waals surface area contributed by atoms with Crippen molar-refractivity contribution in [2.24, 2.45) is 5.10 Å². The summed E-state index contributed by atoms with van der Waals surface area (Å²) < 4.78 is 12.7. The summed E-state index contributed by atoms with van der Waals surface area (Å²) in [7, 11) is 2.60. The minimum absolute atomic E-state index is 0.260. The van der Waals surface area contributed by atoms with Crippen molar-refractivity contribution in [2.45, 2.75) is 13.8 Å². The predicted octanol–water partition coefficient (Wildman–Crippen LogP) is 4.72. The summed E-state index contributed by atoms with van der Waals surface area (Å²) in [4.78, 5) is 28.8. The number of thiazole rings is 1. The number of ether oxygens (including phenoxy) is 2. The second kappa shape index (κ2) is 9.25. The van der Waals surface area contributed by atoms with E-state index in [0.717, 1.165) is 27.2 Å². The number of methoxy groups -OCH3 is 2. The summed E-state index contributed by atoms with van der Waals surface area (Å²) in [6, 6.07) is 14.7. The number of benzene rings is 2. The molecule has 0 aliphatic heterocycles. The number of hydrazone groups is 1. The molecule has 168 valence electrons. The molecule has 2 aromatic heterocycles. The average molecular weight is 463 g/mol. The van der Waals surface area contributed by atoms with Gasteiger partial charge in [0.2, 0.25) is 5.13 Å². The third-order valence-electron chi connectivity index (χ3n) is 5.15. The number of hydrogen-bond acceptors (Lipinski definition) is 8. The molecule has 4 aromatic rings. The van der Waals surface area contributed by atoms with E-state index >= 15 is 0 Å². The first-order valence-electron chi connectivity index (χ1n) is 10.1. The maximum absolute atomic E-state index is 12.2. The summed E-state index contributed by atoms with van der Waals surface area (Å²) >= 11 is 1.53. The van der Waals surface area contributed by atoms with Crippen LogP contribution in [0.2, 0.25) is 0 Å². The maximum Gasteiger partial charge on any atom is 0.337 e. The van der Waals surface area contributed by atoms with Gasteiger partial charge in [-0.25, -0.2) is 14.6 Å². The van der Waals surface area contributed by atoms with Crippen molar-refractivity contribution in [2.75, 3.05) is 19.6 Å². The average Bonchev–Trinajstić information content (AvgIpc) is 3.37. The third-order valence-corrected chi connectivity index (χ3v) is 6.09. The van der Waals surface area contributed by atoms with E-state index < -0.39 is 11.9 Å². The smallest absolute Gasteiger partial charge is 0.337 e. The standard InChI is InChI=1S/C24H22N4O4S/c1-14-9-18(13-25-27-24-26-20-7-5-6-8-21(20)33-24)15(2)28(14)19-11-16(22(29)31-3)10-17(12-19)23(30)32-4/h5-13H,1-4H3,(H,26,27). The van der Waals surface area contributed by atoms with Crippen molar-refractivity contribution in [3.8, 4) is 5.69 Å². The van der Waals surface area contributed by atoms with E-state index in [4.69, 9.17) is 9.47 Å². The maximum atomic E-state index is 12.2. The number of fused-ring (bicyclic) bond motifs is 1. The van der Waals surface area contributed by atoms with Crippen molar-refractivity contribution in [3.05, 3.63) is 76.6 Å². The molecule has 0 saturated heterocycles. The van der Waals surface area contributed by atoms with Crippen molar-refractivity contribution in [3.63, 3.8) is 0 Å². The van der Waals surface area contributed by atoms with Crippen LogP contribution < -0.4 is 5.43 Å². The summed E-state index contributed by atoms with van der Waals surface area (Å²) in [5.41, 5.74) is 7.75. The monoisotopic (exact) mass is 462 g/mol. The molecule has 0 unspecified atom stereocenters. The van der Waals surface area contributed by atoms with Gasteiger partial charge in [-0.1, -0.05) is 23.5 Å². The Morgan fingerprint density at radius 2 is 1.70 bits per heavy atom. The molecule has 0 aliphatic rings. The van der Waals surface area contributed by atoms with Gasteiger partial charge in [0.15, 0.2) is 0 Å². The predicted molar refractivity (Wildman–Crippen MR) is 129 cm³/mol. The first-order valence-corrected chi connectivity index (χ1v) is 10.9. The summed E-state index contributed by atoms with van der Waals surface area (Å²) in [5.74, 6) is -1.07. The number of nitrogens with one attached hydrogen (secondary N) is 1. The van der Waals surface area contributed by atoms with Gasteiger partial charge >= 0.3 is 11.9 Å². The number of anilines is 1. The Hall–Kier alpha value is -3.98. The number of para-hydroxylation sites is 1. The molecule has 0 spiro atoms. The van der Waals surface area contributed by atoms with Gasteiger partial charge in [0.25, 0.3) is 0 Å². The quantitative estimate of drug-likeness (QED) is 0.253. The molecule has 0 aliphatic carbocycles. The van der Waals surface area contributed by atoms with Crippen LogP contribution in [0.15, 0.2) is 53.6 Å². The Labute approximate surface area is 194 Å². The van der Waals surface area contributed by atoms with Gasteiger partial charge < -0.3 is 14.0 Å². The van der Waals surface area contributed by atoms with Gasteiger partial charge in [-0.05, 0) is 50.2 Å². The molecular weight excluding hydrogens is 440 g/mol. The molecule has 0 fully saturated rings. The van der Waals surface area contributed by atoms with E-state index in [9.17, 15) is 9.59 Å². The van der Waals surface area contributed by atoms with Crippen LogP contribution >= 0.6 is 11.3 Å². The second-order valence-electron chi connectivity index (χ2n) is 7.27. The molecule has 0 bridgehead atoms. The van der Waals surface area contributed by atoms with Gasteiger partial charge in [-0.2, -0.15) is 5.10 Å². The molecule has 8 nitrogen and oxygen atoms in total. The summed E-state index contributed by atoms with van der Waals surface area (Å²) in [6.07, 6.45) is 1.72. The molecule has 1 N–H and O–H groups in total. The lowest BCUT2D eigenvalue weighted by molar-refractivity contribution is 0.0599. The van der Waals surface area contributed by atoms with E-state index in [-0.39, 0.29) is 11.1 Å². The molecule has 4 rings (SSSR count). The van der Waals surface area contributed by atoms with Crippen LogP contribution in [0.4, 0.5) is 5.13 Å². The molecule has 2 heterocycles. The molecule has 2 aromatic carbocycles. The highest BCUT2D eigenvalue weighted by atomic mass is 32.1. The van der Waals surface area contributed by atoms with E-state index in [1.807, 2.05) is 48.7 Å². The summed E-state index contributed by atoms with van der Waals surface area (Å²) in [6.45, 7) is 3.88. The Bertz CT molecular complexity index is 1320. The molecular formula is C24H22N4O4S. The lowest BCUT2D eigenvalue weighted by atomic mass is 10.1. The van der Waals surface area contributed by atoms with Crippen LogP contribution in [0.25, 0.3) is 15.9 Å². The minimum Gasteiger partial charge on any atom is -0.465 e. The van der Waals surface area contributed by atoms with Crippen LogP contribution in [-0.2, 0) is 9.47 Å². The Morgan fingerprint density at radius 3 is 2.33 bits per heavy atom. The van der Waals surface area contributed by atoms with Crippen molar-refractivity contribution in [1.82, 2.24) is 9.55 Å². The van der Waals surface area contributed by atoms with E-state index in [0.29, 0.717) is 10.8 Å². The molecule has 0 saturated carbocycles. The Balaban J connectivity index is 1.66. The number of carbonyl (C=O) groups is 2. The van der Waals surface area contributed by atoms with Crippen LogP contribution in [-0.4, -0.2) is 41.9 Å². The van der Waals surface area contributed by atoms with Gasteiger partial charge in [-0.15, -0.1) is 0 Å². The number of hydrogen-bond donors (Lipinski definition) is 1. The van der Waals surface area contributed by atoms with E-state index in [1.165, 1.54) is 31.6 Å². The lowest BCUT2D eigenvalue weighted by Crippen LogP contribution is -2.10. The Kier molecular flexibility index (Phi) is 6.23. The molecule has 0 radical (unpaired) electrons. The number of nitrogens with zero attached hydrogens (tertiary/aromatic N) is 3. The molecule has 0 amide bonds. The Morgan fingerprint density at radius 1 is 1.03 bits per heavy atom. The number of esters is 2. The molecule has 9 heteroatoms. The number of rotatable bonds is 6. The minimum atomic E-state index is -0.536.